The molecule has 18 heavy (non-hydrogen) atoms. The maximum Gasteiger partial charge on any atom is 0.331 e. The molecule has 0 aliphatic heterocycles. The molecule has 0 saturated heterocycles. The zero-order chi connectivity index (χ0) is 13.3. The van der Waals surface area contributed by atoms with Crippen molar-refractivity contribution in [2.75, 3.05) is 0 Å². The third-order valence-electron chi connectivity index (χ3n) is 2.27. The number of halogens is 1. The van der Waals surface area contributed by atoms with E-state index in [1.54, 1.807) is 11.9 Å². The van der Waals surface area contributed by atoms with Crippen molar-refractivity contribution in [3.63, 3.8) is 0 Å². The molecule has 0 aromatic carbocycles. The predicted octanol–water partition coefficient (Wildman–Crippen LogP) is -0.472. The molecule has 2 N–H and O–H groups in total. The molecule has 2 aromatic rings. The normalized spacial score (nSPS) is 10.6. The van der Waals surface area contributed by atoms with Crippen LogP contribution in [-0.2, 0) is 6.54 Å². The minimum Gasteiger partial charge on any atom is -0.492 e. The first-order valence-electron chi connectivity index (χ1n) is 4.98. The predicted molar refractivity (Wildman–Crippen MR) is 58.8 cm³/mol. The van der Waals surface area contributed by atoms with Crippen molar-refractivity contribution in [2.24, 2.45) is 0 Å². The van der Waals surface area contributed by atoms with Crippen LogP contribution in [0, 0.1) is 12.7 Å². The van der Waals surface area contributed by atoms with E-state index in [1.807, 2.05) is 0 Å². The Balaban J connectivity index is 2.47. The third-order valence-corrected chi connectivity index (χ3v) is 2.27. The Morgan fingerprint density at radius 1 is 1.39 bits per heavy atom. The molecule has 0 fully saturated rings. The number of nitrogens with zero attached hydrogens (tertiary/aromatic N) is 3. The first-order valence-corrected chi connectivity index (χ1v) is 4.98. The number of nitrogens with one attached hydrogen (secondary N) is 1. The highest BCUT2D eigenvalue weighted by Crippen LogP contribution is 2.08. The fourth-order valence-corrected chi connectivity index (χ4v) is 1.35. The fourth-order valence-electron chi connectivity index (χ4n) is 1.35. The lowest BCUT2D eigenvalue weighted by Crippen LogP contribution is -2.32. The molecule has 0 amide bonds. The van der Waals surface area contributed by atoms with Crippen LogP contribution in [-0.4, -0.2) is 24.6 Å². The molecule has 0 unspecified atom stereocenters. The van der Waals surface area contributed by atoms with Crippen LogP contribution in [0.4, 0.5) is 4.39 Å². The third kappa shape index (κ3) is 2.12. The van der Waals surface area contributed by atoms with Crippen molar-refractivity contribution >= 4 is 0 Å². The Morgan fingerprint density at radius 2 is 2.11 bits per heavy atom. The summed E-state index contributed by atoms with van der Waals surface area (Å²) in [6.07, 6.45) is 2.86. The second kappa shape index (κ2) is 4.40. The van der Waals surface area contributed by atoms with Gasteiger partial charge in [-0.05, 0) is 6.92 Å². The minimum absolute atomic E-state index is 0.189. The molecule has 0 atom stereocenters. The zero-order valence-corrected chi connectivity index (χ0v) is 9.35. The standard InChI is InChI=1S/C10H9FN4O3/c1-5-2-13-6(3-12-5)4-15-9(17)7(11)8(16)14-10(15)18/h2-3,17H,4H2,1H3,(H,14,16,18). The number of hydrogen-bond donors (Lipinski definition) is 2. The topological polar surface area (TPSA) is 101 Å². The van der Waals surface area contributed by atoms with E-state index in [4.69, 9.17) is 0 Å². The number of aromatic nitrogens is 4. The molecule has 2 rings (SSSR count). The lowest BCUT2D eigenvalue weighted by Gasteiger charge is -2.07. The van der Waals surface area contributed by atoms with Gasteiger partial charge in [0.1, 0.15) is 0 Å². The van der Waals surface area contributed by atoms with Crippen LogP contribution in [0.3, 0.4) is 0 Å². The van der Waals surface area contributed by atoms with Crippen LogP contribution < -0.4 is 11.2 Å². The highest BCUT2D eigenvalue weighted by Gasteiger charge is 2.14. The van der Waals surface area contributed by atoms with Gasteiger partial charge in [0, 0.05) is 6.20 Å². The van der Waals surface area contributed by atoms with E-state index < -0.39 is 22.9 Å². The van der Waals surface area contributed by atoms with Crippen molar-refractivity contribution < 1.29 is 9.50 Å². The zero-order valence-electron chi connectivity index (χ0n) is 9.35. The number of rotatable bonds is 2. The summed E-state index contributed by atoms with van der Waals surface area (Å²) in [5.74, 6) is -2.43. The Morgan fingerprint density at radius 3 is 2.72 bits per heavy atom. The van der Waals surface area contributed by atoms with Crippen LogP contribution in [0.25, 0.3) is 0 Å². The van der Waals surface area contributed by atoms with Gasteiger partial charge in [-0.3, -0.25) is 24.3 Å². The first-order chi connectivity index (χ1) is 8.49. The second-order valence-electron chi connectivity index (χ2n) is 3.63. The van der Waals surface area contributed by atoms with E-state index in [9.17, 15) is 19.1 Å². The number of hydrogen-bond acceptors (Lipinski definition) is 5. The minimum atomic E-state index is -1.41. The van der Waals surface area contributed by atoms with Gasteiger partial charge in [-0.15, -0.1) is 0 Å². The molecule has 0 aliphatic rings. The monoisotopic (exact) mass is 252 g/mol. The molecule has 8 heteroatoms. The summed E-state index contributed by atoms with van der Waals surface area (Å²) in [5.41, 5.74) is -1.14. The lowest BCUT2D eigenvalue weighted by molar-refractivity contribution is 0.366. The highest BCUT2D eigenvalue weighted by atomic mass is 19.1. The summed E-state index contributed by atoms with van der Waals surface area (Å²) in [6, 6.07) is 0. The molecule has 94 valence electrons. The smallest absolute Gasteiger partial charge is 0.331 e. The maximum atomic E-state index is 13.1. The van der Waals surface area contributed by atoms with Crippen molar-refractivity contribution in [1.82, 2.24) is 19.5 Å². The Kier molecular flexibility index (Phi) is 2.92. The van der Waals surface area contributed by atoms with Gasteiger partial charge in [0.05, 0.1) is 24.1 Å². The first kappa shape index (κ1) is 12.0. The van der Waals surface area contributed by atoms with Gasteiger partial charge in [0.15, 0.2) is 0 Å². The molecule has 0 saturated carbocycles. The van der Waals surface area contributed by atoms with Gasteiger partial charge in [0.2, 0.25) is 11.7 Å². The van der Waals surface area contributed by atoms with E-state index in [2.05, 4.69) is 9.97 Å². The van der Waals surface area contributed by atoms with E-state index in [0.29, 0.717) is 16.0 Å². The van der Waals surface area contributed by atoms with Crippen LogP contribution in [0.15, 0.2) is 22.0 Å². The van der Waals surface area contributed by atoms with Gasteiger partial charge >= 0.3 is 5.69 Å². The van der Waals surface area contributed by atoms with Crippen molar-refractivity contribution in [3.05, 3.63) is 50.4 Å². The van der Waals surface area contributed by atoms with Crippen molar-refractivity contribution in [1.29, 1.82) is 0 Å². The Hall–Kier alpha value is -2.51. The van der Waals surface area contributed by atoms with E-state index in [0.717, 1.165) is 0 Å². The van der Waals surface area contributed by atoms with E-state index in [1.165, 1.54) is 12.4 Å². The Labute approximate surface area is 99.6 Å². The van der Waals surface area contributed by atoms with E-state index in [-0.39, 0.29) is 6.54 Å². The molecular weight excluding hydrogens is 243 g/mol. The molecule has 0 bridgehead atoms. The summed E-state index contributed by atoms with van der Waals surface area (Å²) >= 11 is 0. The van der Waals surface area contributed by atoms with E-state index >= 15 is 0 Å². The van der Waals surface area contributed by atoms with Crippen LogP contribution in [0.5, 0.6) is 5.88 Å². The molecule has 0 aliphatic carbocycles. The molecular formula is C10H9FN4O3. The average Bonchev–Trinajstić information content (AvgIpc) is 2.34. The summed E-state index contributed by atoms with van der Waals surface area (Å²) in [7, 11) is 0. The van der Waals surface area contributed by atoms with Gasteiger partial charge < -0.3 is 5.11 Å². The molecule has 2 aromatic heterocycles. The van der Waals surface area contributed by atoms with Crippen LogP contribution in [0.2, 0.25) is 0 Å². The summed E-state index contributed by atoms with van der Waals surface area (Å²) < 4.78 is 13.8. The Bertz CT molecular complexity index is 690. The number of aromatic amines is 1. The molecule has 0 radical (unpaired) electrons. The summed E-state index contributed by atoms with van der Waals surface area (Å²) in [4.78, 5) is 32.0. The van der Waals surface area contributed by atoms with Gasteiger partial charge in [-0.2, -0.15) is 4.39 Å². The maximum absolute atomic E-state index is 13.1. The highest BCUT2D eigenvalue weighted by molar-refractivity contribution is 5.12. The number of H-pyrrole nitrogens is 1. The van der Waals surface area contributed by atoms with Crippen LogP contribution in [0.1, 0.15) is 11.4 Å². The second-order valence-corrected chi connectivity index (χ2v) is 3.63. The number of aromatic hydroxyl groups is 1. The molecule has 7 nitrogen and oxygen atoms in total. The summed E-state index contributed by atoms with van der Waals surface area (Å²) in [6.45, 7) is 1.55. The summed E-state index contributed by atoms with van der Waals surface area (Å²) in [5, 5.41) is 9.39. The lowest BCUT2D eigenvalue weighted by atomic mass is 10.4. The van der Waals surface area contributed by atoms with Gasteiger partial charge in [-0.25, -0.2) is 4.79 Å². The van der Waals surface area contributed by atoms with Crippen LogP contribution >= 0.6 is 0 Å². The van der Waals surface area contributed by atoms with Gasteiger partial charge in [-0.1, -0.05) is 0 Å². The van der Waals surface area contributed by atoms with Gasteiger partial charge in [0.25, 0.3) is 5.56 Å². The number of aryl methyl sites for hydroxylation is 1. The largest absolute Gasteiger partial charge is 0.492 e. The van der Waals surface area contributed by atoms with Crippen molar-refractivity contribution in [3.8, 4) is 5.88 Å². The van der Waals surface area contributed by atoms with Crippen molar-refractivity contribution in [2.45, 2.75) is 13.5 Å². The average molecular weight is 252 g/mol. The molecule has 0 spiro atoms. The molecule has 2 heterocycles. The SMILES string of the molecule is Cc1cnc(Cn2c(O)c(F)c(=O)[nH]c2=O)cn1. The fraction of sp³-hybridized carbons (Fsp3) is 0.200. The quantitative estimate of drug-likeness (QED) is 0.752.